The van der Waals surface area contributed by atoms with Gasteiger partial charge in [-0.25, -0.2) is 0 Å². The van der Waals surface area contributed by atoms with E-state index in [1.165, 1.54) is 5.56 Å². The molecule has 0 aromatic heterocycles. The molecule has 0 fully saturated rings. The minimum Gasteiger partial charge on any atom is -0.497 e. The van der Waals surface area contributed by atoms with Crippen LogP contribution >= 0.6 is 0 Å². The normalized spacial score (nSPS) is 10.2. The van der Waals surface area contributed by atoms with Gasteiger partial charge in [-0.2, -0.15) is 0 Å². The van der Waals surface area contributed by atoms with Crippen molar-refractivity contribution in [3.05, 3.63) is 42.0 Å². The van der Waals surface area contributed by atoms with E-state index in [0.717, 1.165) is 24.4 Å². The molecule has 0 aliphatic rings. The Kier molecular flexibility index (Phi) is 6.37. The third kappa shape index (κ3) is 6.09. The molecule has 17 heavy (non-hydrogen) atoms. The molecule has 94 valence electrons. The summed E-state index contributed by atoms with van der Waals surface area (Å²) in [5, 5.41) is 3.32. The molecule has 0 heterocycles. The summed E-state index contributed by atoms with van der Waals surface area (Å²) >= 11 is 0. The number of methoxy groups -OCH3 is 1. The molecule has 0 aliphatic carbocycles. The van der Waals surface area contributed by atoms with Crippen LogP contribution < -0.4 is 10.1 Å². The van der Waals surface area contributed by atoms with Crippen LogP contribution in [0.25, 0.3) is 0 Å². The Hall–Kier alpha value is -1.32. The van der Waals surface area contributed by atoms with Crippen molar-refractivity contribution in [3.8, 4) is 5.75 Å². The molecule has 0 spiro atoms. The number of nitrogens with one attached hydrogen (secondary N) is 1. The van der Waals surface area contributed by atoms with E-state index >= 15 is 0 Å². The first-order valence-corrected chi connectivity index (χ1v) is 5.78. The van der Waals surface area contributed by atoms with Gasteiger partial charge in [0.15, 0.2) is 0 Å². The number of hydrogen-bond donors (Lipinski definition) is 1. The van der Waals surface area contributed by atoms with Crippen molar-refractivity contribution in [2.45, 2.75) is 13.5 Å². The van der Waals surface area contributed by atoms with E-state index in [-0.39, 0.29) is 0 Å². The molecular formula is C14H21NO2. The molecule has 1 aromatic carbocycles. The third-order valence-electron chi connectivity index (χ3n) is 2.26. The van der Waals surface area contributed by atoms with Crippen LogP contribution in [0.15, 0.2) is 36.4 Å². The summed E-state index contributed by atoms with van der Waals surface area (Å²) in [6, 6.07) is 8.05. The molecule has 1 aromatic rings. The van der Waals surface area contributed by atoms with Gasteiger partial charge >= 0.3 is 0 Å². The van der Waals surface area contributed by atoms with Crippen LogP contribution in [0.4, 0.5) is 0 Å². The molecule has 0 radical (unpaired) electrons. The van der Waals surface area contributed by atoms with Crippen molar-refractivity contribution in [1.29, 1.82) is 0 Å². The topological polar surface area (TPSA) is 30.5 Å². The number of hydrogen-bond acceptors (Lipinski definition) is 3. The quantitative estimate of drug-likeness (QED) is 0.554. The first-order chi connectivity index (χ1) is 8.22. The van der Waals surface area contributed by atoms with E-state index in [4.69, 9.17) is 9.47 Å². The van der Waals surface area contributed by atoms with E-state index in [2.05, 4.69) is 24.0 Å². The lowest BCUT2D eigenvalue weighted by atomic mass is 10.2. The SMILES string of the molecule is C=C(C)COCCNCc1ccc(OC)cc1. The molecule has 0 saturated heterocycles. The molecule has 1 rings (SSSR count). The molecule has 1 N–H and O–H groups in total. The standard InChI is InChI=1S/C14H21NO2/c1-12(2)11-17-9-8-15-10-13-4-6-14(16-3)7-5-13/h4-7,15H,1,8-11H2,2-3H3. The molecule has 0 amide bonds. The van der Waals surface area contributed by atoms with Gasteiger partial charge in [0, 0.05) is 13.1 Å². The van der Waals surface area contributed by atoms with Crippen LogP contribution in [0.5, 0.6) is 5.75 Å². The highest BCUT2D eigenvalue weighted by Crippen LogP contribution is 2.10. The Morgan fingerprint density at radius 1 is 1.29 bits per heavy atom. The number of rotatable bonds is 8. The molecule has 0 unspecified atom stereocenters. The van der Waals surface area contributed by atoms with Gasteiger partial charge in [-0.15, -0.1) is 0 Å². The van der Waals surface area contributed by atoms with Crippen molar-refractivity contribution in [3.63, 3.8) is 0 Å². The van der Waals surface area contributed by atoms with Crippen LogP contribution in [0, 0.1) is 0 Å². The summed E-state index contributed by atoms with van der Waals surface area (Å²) in [6.45, 7) is 8.79. The summed E-state index contributed by atoms with van der Waals surface area (Å²) in [6.07, 6.45) is 0. The van der Waals surface area contributed by atoms with Gasteiger partial charge in [0.1, 0.15) is 5.75 Å². The molecular weight excluding hydrogens is 214 g/mol. The van der Waals surface area contributed by atoms with Crippen LogP contribution in [-0.4, -0.2) is 26.9 Å². The predicted octanol–water partition coefficient (Wildman–Crippen LogP) is 2.38. The lowest BCUT2D eigenvalue weighted by Gasteiger charge is -2.07. The van der Waals surface area contributed by atoms with Gasteiger partial charge in [-0.3, -0.25) is 0 Å². The van der Waals surface area contributed by atoms with Crippen molar-refractivity contribution in [2.75, 3.05) is 26.9 Å². The van der Waals surface area contributed by atoms with Gasteiger partial charge in [-0.1, -0.05) is 24.3 Å². The minimum atomic E-state index is 0.643. The van der Waals surface area contributed by atoms with Crippen LogP contribution in [0.2, 0.25) is 0 Å². The first-order valence-electron chi connectivity index (χ1n) is 5.78. The highest BCUT2D eigenvalue weighted by Gasteiger charge is 1.94. The van der Waals surface area contributed by atoms with E-state index < -0.39 is 0 Å². The Bertz CT molecular complexity index is 333. The highest BCUT2D eigenvalue weighted by atomic mass is 16.5. The second kappa shape index (κ2) is 7.87. The molecule has 0 bridgehead atoms. The fourth-order valence-electron chi connectivity index (χ4n) is 1.37. The maximum Gasteiger partial charge on any atom is 0.118 e. The largest absolute Gasteiger partial charge is 0.497 e. The van der Waals surface area contributed by atoms with Crippen molar-refractivity contribution < 1.29 is 9.47 Å². The summed E-state index contributed by atoms with van der Waals surface area (Å²) in [7, 11) is 1.67. The smallest absolute Gasteiger partial charge is 0.118 e. The number of benzene rings is 1. The zero-order valence-corrected chi connectivity index (χ0v) is 10.7. The summed E-state index contributed by atoms with van der Waals surface area (Å²) in [5.41, 5.74) is 2.30. The first kappa shape index (κ1) is 13.7. The molecule has 3 heteroatoms. The van der Waals surface area contributed by atoms with E-state index in [1.54, 1.807) is 7.11 Å². The van der Waals surface area contributed by atoms with Gasteiger partial charge in [0.05, 0.1) is 20.3 Å². The fourth-order valence-corrected chi connectivity index (χ4v) is 1.37. The highest BCUT2D eigenvalue weighted by molar-refractivity contribution is 5.26. The number of ether oxygens (including phenoxy) is 2. The molecule has 0 aliphatic heterocycles. The molecule has 0 atom stereocenters. The Morgan fingerprint density at radius 2 is 2.00 bits per heavy atom. The second-order valence-corrected chi connectivity index (χ2v) is 4.03. The lowest BCUT2D eigenvalue weighted by Crippen LogP contribution is -2.19. The Balaban J connectivity index is 2.11. The maximum absolute atomic E-state index is 5.39. The van der Waals surface area contributed by atoms with Crippen molar-refractivity contribution >= 4 is 0 Å². The van der Waals surface area contributed by atoms with Crippen LogP contribution in [0.1, 0.15) is 12.5 Å². The Morgan fingerprint density at radius 3 is 2.59 bits per heavy atom. The van der Waals surface area contributed by atoms with Gasteiger partial charge in [-0.05, 0) is 24.6 Å². The van der Waals surface area contributed by atoms with E-state index in [0.29, 0.717) is 13.2 Å². The molecule has 3 nitrogen and oxygen atoms in total. The summed E-state index contributed by atoms with van der Waals surface area (Å²) < 4.78 is 10.5. The lowest BCUT2D eigenvalue weighted by molar-refractivity contribution is 0.158. The minimum absolute atomic E-state index is 0.643. The third-order valence-corrected chi connectivity index (χ3v) is 2.26. The van der Waals surface area contributed by atoms with Crippen molar-refractivity contribution in [1.82, 2.24) is 5.32 Å². The van der Waals surface area contributed by atoms with Gasteiger partial charge in [0.25, 0.3) is 0 Å². The summed E-state index contributed by atoms with van der Waals surface area (Å²) in [4.78, 5) is 0. The zero-order chi connectivity index (χ0) is 12.5. The van der Waals surface area contributed by atoms with Crippen LogP contribution in [0.3, 0.4) is 0 Å². The van der Waals surface area contributed by atoms with E-state index in [1.807, 2.05) is 19.1 Å². The Labute approximate surface area is 103 Å². The predicted molar refractivity (Wildman–Crippen MR) is 70.3 cm³/mol. The molecule has 0 saturated carbocycles. The van der Waals surface area contributed by atoms with Gasteiger partial charge < -0.3 is 14.8 Å². The maximum atomic E-state index is 5.39. The average Bonchev–Trinajstić information content (AvgIpc) is 2.34. The van der Waals surface area contributed by atoms with E-state index in [9.17, 15) is 0 Å². The fraction of sp³-hybridized carbons (Fsp3) is 0.429. The monoisotopic (exact) mass is 235 g/mol. The average molecular weight is 235 g/mol. The summed E-state index contributed by atoms with van der Waals surface area (Å²) in [5.74, 6) is 0.888. The zero-order valence-electron chi connectivity index (χ0n) is 10.7. The van der Waals surface area contributed by atoms with Crippen molar-refractivity contribution in [2.24, 2.45) is 0 Å². The van der Waals surface area contributed by atoms with Crippen LogP contribution in [-0.2, 0) is 11.3 Å². The second-order valence-electron chi connectivity index (χ2n) is 4.03. The van der Waals surface area contributed by atoms with Gasteiger partial charge in [0.2, 0.25) is 0 Å².